The van der Waals surface area contributed by atoms with Gasteiger partial charge in [0, 0.05) is 43.9 Å². The number of H-pyrrole nitrogens is 1. The Morgan fingerprint density at radius 3 is 2.67 bits per heavy atom. The highest BCUT2D eigenvalue weighted by Gasteiger charge is 2.29. The average molecular weight is 447 g/mol. The Bertz CT molecular complexity index is 1170. The summed E-state index contributed by atoms with van der Waals surface area (Å²) in [5.74, 6) is 1.67. The minimum absolute atomic E-state index is 0.0626. The van der Waals surface area contributed by atoms with Crippen LogP contribution in [0.15, 0.2) is 36.7 Å². The molecule has 2 aliphatic heterocycles. The van der Waals surface area contributed by atoms with Gasteiger partial charge in [0.25, 0.3) is 5.91 Å². The summed E-state index contributed by atoms with van der Waals surface area (Å²) in [6.07, 6.45) is 2.71. The first-order valence-electron chi connectivity index (χ1n) is 11.6. The van der Waals surface area contributed by atoms with Crippen molar-refractivity contribution in [2.75, 3.05) is 26.4 Å². The number of amides is 1. The van der Waals surface area contributed by atoms with Crippen LogP contribution in [0, 0.1) is 6.92 Å². The second-order valence-electron chi connectivity index (χ2n) is 8.60. The van der Waals surface area contributed by atoms with Crippen molar-refractivity contribution in [3.05, 3.63) is 64.7 Å². The molecular formula is C26H30N4O3. The van der Waals surface area contributed by atoms with Gasteiger partial charge in [-0.2, -0.15) is 0 Å². The van der Waals surface area contributed by atoms with Crippen LogP contribution in [0.4, 0.5) is 0 Å². The van der Waals surface area contributed by atoms with Crippen molar-refractivity contribution < 1.29 is 14.3 Å². The third-order valence-corrected chi connectivity index (χ3v) is 6.73. The van der Waals surface area contributed by atoms with Crippen LogP contribution < -0.4 is 9.47 Å². The van der Waals surface area contributed by atoms with Crippen LogP contribution in [0.3, 0.4) is 0 Å². The quantitative estimate of drug-likeness (QED) is 0.616. The van der Waals surface area contributed by atoms with E-state index in [-0.39, 0.29) is 12.7 Å². The van der Waals surface area contributed by atoms with Gasteiger partial charge < -0.3 is 19.4 Å². The van der Waals surface area contributed by atoms with Gasteiger partial charge in [-0.3, -0.25) is 9.69 Å². The van der Waals surface area contributed by atoms with E-state index in [2.05, 4.69) is 20.9 Å². The number of aryl methyl sites for hydroxylation is 1. The van der Waals surface area contributed by atoms with Gasteiger partial charge in [0.1, 0.15) is 0 Å². The Morgan fingerprint density at radius 2 is 1.97 bits per heavy atom. The molecule has 33 heavy (non-hydrogen) atoms. The number of hydrogen-bond donors (Lipinski definition) is 1. The fraction of sp³-hybridized carbons (Fsp3) is 0.385. The molecule has 0 saturated heterocycles. The van der Waals surface area contributed by atoms with Crippen molar-refractivity contribution in [1.29, 1.82) is 0 Å². The van der Waals surface area contributed by atoms with Gasteiger partial charge in [0.2, 0.25) is 6.79 Å². The summed E-state index contributed by atoms with van der Waals surface area (Å²) < 4.78 is 11.7. The number of benzene rings is 2. The number of hydrogen-bond acceptors (Lipinski definition) is 5. The van der Waals surface area contributed by atoms with Crippen LogP contribution >= 0.6 is 0 Å². The fourth-order valence-corrected chi connectivity index (χ4v) is 4.81. The smallest absolute Gasteiger partial charge is 0.253 e. The normalized spacial score (nSPS) is 14.9. The lowest BCUT2D eigenvalue weighted by Gasteiger charge is -2.30. The third-order valence-electron chi connectivity index (χ3n) is 6.73. The number of carbonyl (C=O) groups is 1. The lowest BCUT2D eigenvalue weighted by molar-refractivity contribution is 0.0773. The molecule has 3 heterocycles. The molecule has 3 aromatic rings. The van der Waals surface area contributed by atoms with Gasteiger partial charge >= 0.3 is 0 Å². The molecule has 0 unspecified atom stereocenters. The summed E-state index contributed by atoms with van der Waals surface area (Å²) >= 11 is 0. The van der Waals surface area contributed by atoms with Crippen molar-refractivity contribution >= 4 is 5.91 Å². The fourth-order valence-electron chi connectivity index (χ4n) is 4.81. The van der Waals surface area contributed by atoms with E-state index in [4.69, 9.17) is 9.47 Å². The maximum Gasteiger partial charge on any atom is 0.253 e. The van der Waals surface area contributed by atoms with Gasteiger partial charge in [-0.15, -0.1) is 0 Å². The van der Waals surface area contributed by atoms with Crippen LogP contribution in [0.25, 0.3) is 11.1 Å². The van der Waals surface area contributed by atoms with Crippen molar-refractivity contribution in [2.24, 2.45) is 0 Å². The number of carbonyl (C=O) groups excluding carboxylic acids is 1. The minimum Gasteiger partial charge on any atom is -0.454 e. The number of nitrogens with one attached hydrogen (secondary N) is 1. The predicted molar refractivity (Wildman–Crippen MR) is 126 cm³/mol. The molecule has 0 spiro atoms. The lowest BCUT2D eigenvalue weighted by Crippen LogP contribution is -2.31. The third kappa shape index (κ3) is 3.97. The number of fused-ring (bicyclic) bond motifs is 2. The van der Waals surface area contributed by atoms with E-state index in [1.54, 1.807) is 6.33 Å². The van der Waals surface area contributed by atoms with Crippen LogP contribution in [0.5, 0.6) is 11.5 Å². The summed E-state index contributed by atoms with van der Waals surface area (Å²) in [6, 6.07) is 10.1. The largest absolute Gasteiger partial charge is 0.454 e. The highest BCUT2D eigenvalue weighted by Crippen LogP contribution is 2.47. The number of aromatic nitrogens is 2. The number of imidazole rings is 1. The van der Waals surface area contributed by atoms with Crippen LogP contribution in [0.1, 0.15) is 46.7 Å². The molecule has 1 N–H and O–H groups in total. The zero-order valence-corrected chi connectivity index (χ0v) is 19.5. The van der Waals surface area contributed by atoms with Crippen LogP contribution in [-0.2, 0) is 19.5 Å². The van der Waals surface area contributed by atoms with E-state index < -0.39 is 0 Å². The Labute approximate surface area is 194 Å². The molecular weight excluding hydrogens is 416 g/mol. The standard InChI is InChI=1S/C26H30N4O3/c1-4-30(5-2)26(31)19-8-6-18(7-9-19)24-21-13-29(14-22-17(3)27-15-28-22)11-10-20(21)12-23-25(24)33-16-32-23/h6-9,12,15H,4-5,10-11,13-14,16H2,1-3H3,(H,27,28). The number of ether oxygens (including phenoxy) is 2. The van der Waals surface area contributed by atoms with Crippen molar-refractivity contribution in [3.63, 3.8) is 0 Å². The Balaban J connectivity index is 1.50. The summed E-state index contributed by atoms with van der Waals surface area (Å²) in [4.78, 5) is 24.6. The summed E-state index contributed by atoms with van der Waals surface area (Å²) in [7, 11) is 0. The molecule has 7 nitrogen and oxygen atoms in total. The first-order chi connectivity index (χ1) is 16.1. The first kappa shape index (κ1) is 21.5. The SMILES string of the molecule is CCN(CC)C(=O)c1ccc(-c2c3c(cc4c2OCO4)CCN(Cc2[nH]cnc2C)C3)cc1. The molecule has 1 amide bonds. The topological polar surface area (TPSA) is 70.7 Å². The van der Waals surface area contributed by atoms with Crippen molar-refractivity contribution in [2.45, 2.75) is 40.3 Å². The molecule has 2 aliphatic rings. The molecule has 172 valence electrons. The predicted octanol–water partition coefficient (Wildman–Crippen LogP) is 4.15. The van der Waals surface area contributed by atoms with Crippen LogP contribution in [0.2, 0.25) is 0 Å². The average Bonchev–Trinajstić information content (AvgIpc) is 3.47. The molecule has 1 aromatic heterocycles. The molecule has 0 atom stereocenters. The first-order valence-corrected chi connectivity index (χ1v) is 11.6. The van der Waals surface area contributed by atoms with E-state index in [0.29, 0.717) is 18.7 Å². The second-order valence-corrected chi connectivity index (χ2v) is 8.60. The molecule has 0 saturated carbocycles. The van der Waals surface area contributed by atoms with Gasteiger partial charge in [0.05, 0.1) is 17.7 Å². The number of nitrogens with zero attached hydrogens (tertiary/aromatic N) is 3. The second kappa shape index (κ2) is 8.90. The molecule has 2 aromatic carbocycles. The minimum atomic E-state index is 0.0626. The zero-order chi connectivity index (χ0) is 22.9. The Morgan fingerprint density at radius 1 is 1.18 bits per heavy atom. The molecule has 0 aliphatic carbocycles. The van der Waals surface area contributed by atoms with E-state index in [9.17, 15) is 4.79 Å². The van der Waals surface area contributed by atoms with E-state index in [1.807, 2.05) is 49.9 Å². The van der Waals surface area contributed by atoms with E-state index in [0.717, 1.165) is 60.1 Å². The highest BCUT2D eigenvalue weighted by molar-refractivity contribution is 5.95. The Hall–Kier alpha value is -3.32. The summed E-state index contributed by atoms with van der Waals surface area (Å²) in [5, 5.41) is 0. The van der Waals surface area contributed by atoms with E-state index >= 15 is 0 Å². The zero-order valence-electron chi connectivity index (χ0n) is 19.5. The molecule has 7 heteroatoms. The van der Waals surface area contributed by atoms with Gasteiger partial charge in [-0.25, -0.2) is 4.98 Å². The molecule has 0 fully saturated rings. The van der Waals surface area contributed by atoms with Gasteiger partial charge in [0.15, 0.2) is 11.5 Å². The summed E-state index contributed by atoms with van der Waals surface area (Å²) in [5.41, 5.74) is 7.59. The lowest BCUT2D eigenvalue weighted by atomic mass is 9.89. The highest BCUT2D eigenvalue weighted by atomic mass is 16.7. The summed E-state index contributed by atoms with van der Waals surface area (Å²) in [6.45, 7) is 10.3. The molecule has 5 rings (SSSR count). The van der Waals surface area contributed by atoms with Gasteiger partial charge in [-0.05, 0) is 62.1 Å². The number of rotatable bonds is 6. The molecule has 0 bridgehead atoms. The Kier molecular flexibility index (Phi) is 5.81. The van der Waals surface area contributed by atoms with Crippen molar-refractivity contribution in [3.8, 4) is 22.6 Å². The number of aromatic amines is 1. The maximum atomic E-state index is 12.8. The van der Waals surface area contributed by atoms with E-state index in [1.165, 1.54) is 11.1 Å². The molecule has 0 radical (unpaired) electrons. The van der Waals surface area contributed by atoms with Crippen LogP contribution in [-0.4, -0.2) is 52.1 Å². The monoisotopic (exact) mass is 446 g/mol. The van der Waals surface area contributed by atoms with Gasteiger partial charge in [-0.1, -0.05) is 12.1 Å². The maximum absolute atomic E-state index is 12.8. The van der Waals surface area contributed by atoms with Crippen molar-refractivity contribution in [1.82, 2.24) is 19.8 Å².